The molecule has 0 aliphatic heterocycles. The smallest absolute Gasteiger partial charge is 0.265 e. The van der Waals surface area contributed by atoms with Gasteiger partial charge >= 0.3 is 0 Å². The van der Waals surface area contributed by atoms with Gasteiger partial charge in [0.05, 0.1) is 10.7 Å². The van der Waals surface area contributed by atoms with Crippen LogP contribution in [0.5, 0.6) is 11.5 Å². The summed E-state index contributed by atoms with van der Waals surface area (Å²) in [7, 11) is 0. The molecule has 6 heteroatoms. The molecule has 2 aromatic carbocycles. The number of aromatic hydroxyl groups is 1. The molecule has 2 N–H and O–H groups in total. The summed E-state index contributed by atoms with van der Waals surface area (Å²) in [6, 6.07) is 8.59. The summed E-state index contributed by atoms with van der Waals surface area (Å²) in [6.07, 6.45) is -0.239. The molecule has 0 spiro atoms. The summed E-state index contributed by atoms with van der Waals surface area (Å²) in [5.74, 6) is 0.0397. The number of hydrogen-bond acceptors (Lipinski definition) is 3. The fourth-order valence-electron chi connectivity index (χ4n) is 2.28. The third kappa shape index (κ3) is 4.34. The minimum absolute atomic E-state index is 0.0705. The van der Waals surface area contributed by atoms with Crippen LogP contribution in [0.25, 0.3) is 0 Å². The van der Waals surface area contributed by atoms with Crippen molar-refractivity contribution in [3.8, 4) is 11.5 Å². The second-order valence-corrected chi connectivity index (χ2v) is 6.40. The predicted molar refractivity (Wildman–Crippen MR) is 97.4 cm³/mol. The zero-order chi connectivity index (χ0) is 17.9. The van der Waals surface area contributed by atoms with Crippen LogP contribution < -0.4 is 10.1 Å². The van der Waals surface area contributed by atoms with Gasteiger partial charge in [-0.15, -0.1) is 0 Å². The van der Waals surface area contributed by atoms with Gasteiger partial charge in [0.2, 0.25) is 0 Å². The van der Waals surface area contributed by atoms with Crippen molar-refractivity contribution in [1.29, 1.82) is 0 Å². The van der Waals surface area contributed by atoms with Crippen LogP contribution in [0, 0.1) is 13.8 Å². The second kappa shape index (κ2) is 7.77. The van der Waals surface area contributed by atoms with Crippen molar-refractivity contribution in [3.05, 3.63) is 51.5 Å². The van der Waals surface area contributed by atoms with Gasteiger partial charge in [-0.1, -0.05) is 47.8 Å². The normalized spacial score (nSPS) is 11.9. The molecule has 0 aromatic heterocycles. The monoisotopic (exact) mass is 367 g/mol. The number of halogens is 2. The molecule has 0 aliphatic rings. The zero-order valence-corrected chi connectivity index (χ0v) is 15.2. The number of phenolic OH excluding ortho intramolecular Hbond substituents is 1. The van der Waals surface area contributed by atoms with E-state index in [4.69, 9.17) is 27.9 Å². The van der Waals surface area contributed by atoms with E-state index in [1.165, 1.54) is 12.1 Å². The van der Waals surface area contributed by atoms with E-state index in [-0.39, 0.29) is 22.4 Å². The number of nitrogens with one attached hydrogen (secondary N) is 1. The van der Waals surface area contributed by atoms with E-state index < -0.39 is 6.10 Å². The molecule has 0 saturated heterocycles. The maximum Gasteiger partial charge on any atom is 0.265 e. The summed E-state index contributed by atoms with van der Waals surface area (Å²) in [5.41, 5.74) is 2.23. The van der Waals surface area contributed by atoms with Crippen molar-refractivity contribution in [2.24, 2.45) is 0 Å². The Kier molecular flexibility index (Phi) is 5.97. The first kappa shape index (κ1) is 18.4. The molecule has 0 fully saturated rings. The standard InChI is InChI=1S/C18H19Cl2NO3/c1-4-15(24-16-6-5-10(2)7-11(16)3)18(23)21-14-9-12(19)8-13(20)17(14)22/h5-9,15,22H,4H2,1-3H3,(H,21,23). The Hall–Kier alpha value is -1.91. The Bertz CT molecular complexity index is 762. The fourth-order valence-corrected chi connectivity index (χ4v) is 2.77. The average molecular weight is 368 g/mol. The van der Waals surface area contributed by atoms with E-state index in [2.05, 4.69) is 5.32 Å². The number of carbonyl (C=O) groups is 1. The van der Waals surface area contributed by atoms with E-state index in [0.717, 1.165) is 11.1 Å². The molecule has 2 rings (SSSR count). The summed E-state index contributed by atoms with van der Waals surface area (Å²) >= 11 is 11.8. The number of amides is 1. The highest BCUT2D eigenvalue weighted by molar-refractivity contribution is 6.36. The summed E-state index contributed by atoms with van der Waals surface area (Å²) in [6.45, 7) is 5.76. The second-order valence-electron chi connectivity index (χ2n) is 5.56. The Balaban J connectivity index is 2.17. The Morgan fingerprint density at radius 3 is 2.58 bits per heavy atom. The Morgan fingerprint density at radius 2 is 1.96 bits per heavy atom. The molecule has 0 bridgehead atoms. The molecule has 1 unspecified atom stereocenters. The number of hydrogen-bond donors (Lipinski definition) is 2. The molecule has 24 heavy (non-hydrogen) atoms. The van der Waals surface area contributed by atoms with E-state index >= 15 is 0 Å². The van der Waals surface area contributed by atoms with Gasteiger partial charge in [-0.25, -0.2) is 0 Å². The summed E-state index contributed by atoms with van der Waals surface area (Å²) in [4.78, 5) is 12.5. The topological polar surface area (TPSA) is 58.6 Å². The van der Waals surface area contributed by atoms with Gasteiger partial charge in [-0.2, -0.15) is 0 Å². The number of benzene rings is 2. The molecule has 0 radical (unpaired) electrons. The van der Waals surface area contributed by atoms with Crippen LogP contribution in [0.15, 0.2) is 30.3 Å². The Morgan fingerprint density at radius 1 is 1.25 bits per heavy atom. The van der Waals surface area contributed by atoms with Gasteiger partial charge in [-0.3, -0.25) is 4.79 Å². The van der Waals surface area contributed by atoms with E-state index in [1.54, 1.807) is 0 Å². The average Bonchev–Trinajstić information content (AvgIpc) is 2.51. The minimum atomic E-state index is -0.705. The first-order valence-corrected chi connectivity index (χ1v) is 8.30. The largest absolute Gasteiger partial charge is 0.504 e. The summed E-state index contributed by atoms with van der Waals surface area (Å²) in [5, 5.41) is 12.9. The van der Waals surface area contributed by atoms with Crippen molar-refractivity contribution in [1.82, 2.24) is 0 Å². The molecule has 0 saturated carbocycles. The lowest BCUT2D eigenvalue weighted by molar-refractivity contribution is -0.122. The summed E-state index contributed by atoms with van der Waals surface area (Å²) < 4.78 is 5.82. The first-order chi connectivity index (χ1) is 11.3. The van der Waals surface area contributed by atoms with Crippen molar-refractivity contribution in [2.45, 2.75) is 33.3 Å². The van der Waals surface area contributed by atoms with E-state index in [1.807, 2.05) is 39.0 Å². The van der Waals surface area contributed by atoms with Crippen molar-refractivity contribution in [3.63, 3.8) is 0 Å². The van der Waals surface area contributed by atoms with Crippen LogP contribution in [0.1, 0.15) is 24.5 Å². The predicted octanol–water partition coefficient (Wildman–Crippen LogP) is 5.11. The molecule has 1 amide bonds. The molecular weight excluding hydrogens is 349 g/mol. The van der Waals surface area contributed by atoms with Gasteiger partial charge in [-0.05, 0) is 44.0 Å². The van der Waals surface area contributed by atoms with Crippen LogP contribution in [0.4, 0.5) is 5.69 Å². The number of rotatable bonds is 5. The SMILES string of the molecule is CCC(Oc1ccc(C)cc1C)C(=O)Nc1cc(Cl)cc(Cl)c1O. The van der Waals surface area contributed by atoms with Crippen molar-refractivity contribution < 1.29 is 14.6 Å². The molecule has 2 aromatic rings. The lowest BCUT2D eigenvalue weighted by atomic mass is 10.1. The maximum atomic E-state index is 12.5. The fraction of sp³-hybridized carbons (Fsp3) is 0.278. The van der Waals surface area contributed by atoms with E-state index in [0.29, 0.717) is 17.2 Å². The minimum Gasteiger partial charge on any atom is -0.504 e. The van der Waals surface area contributed by atoms with Crippen LogP contribution in [0.2, 0.25) is 10.0 Å². The van der Waals surface area contributed by atoms with Gasteiger partial charge in [0.1, 0.15) is 5.75 Å². The van der Waals surface area contributed by atoms with Gasteiger partial charge in [0.15, 0.2) is 11.9 Å². The number of anilines is 1. The highest BCUT2D eigenvalue weighted by atomic mass is 35.5. The van der Waals surface area contributed by atoms with Gasteiger partial charge < -0.3 is 15.2 Å². The zero-order valence-electron chi connectivity index (χ0n) is 13.7. The quantitative estimate of drug-likeness (QED) is 0.721. The lowest BCUT2D eigenvalue weighted by Gasteiger charge is -2.19. The number of aryl methyl sites for hydroxylation is 2. The van der Waals surface area contributed by atoms with Crippen LogP contribution in [0.3, 0.4) is 0 Å². The number of ether oxygens (including phenoxy) is 1. The Labute approximate surface area is 151 Å². The number of phenols is 1. The van der Waals surface area contributed by atoms with Crippen LogP contribution >= 0.6 is 23.2 Å². The molecule has 0 heterocycles. The maximum absolute atomic E-state index is 12.5. The van der Waals surface area contributed by atoms with Crippen molar-refractivity contribution >= 4 is 34.8 Å². The third-order valence-electron chi connectivity index (χ3n) is 3.55. The van der Waals surface area contributed by atoms with Gasteiger partial charge in [0, 0.05) is 5.02 Å². The van der Waals surface area contributed by atoms with Crippen molar-refractivity contribution in [2.75, 3.05) is 5.32 Å². The van der Waals surface area contributed by atoms with Gasteiger partial charge in [0.25, 0.3) is 5.91 Å². The highest BCUT2D eigenvalue weighted by Crippen LogP contribution is 2.35. The lowest BCUT2D eigenvalue weighted by Crippen LogP contribution is -2.32. The third-order valence-corrected chi connectivity index (χ3v) is 4.06. The molecule has 128 valence electrons. The van der Waals surface area contributed by atoms with Crippen LogP contribution in [-0.2, 0) is 4.79 Å². The molecular formula is C18H19Cl2NO3. The van der Waals surface area contributed by atoms with Crippen LogP contribution in [-0.4, -0.2) is 17.1 Å². The molecule has 0 aliphatic carbocycles. The van der Waals surface area contributed by atoms with E-state index in [9.17, 15) is 9.90 Å². The highest BCUT2D eigenvalue weighted by Gasteiger charge is 2.21. The number of carbonyl (C=O) groups excluding carboxylic acids is 1. The first-order valence-electron chi connectivity index (χ1n) is 7.54. The molecule has 1 atom stereocenters. The molecule has 4 nitrogen and oxygen atoms in total.